The standard InChI is InChI=1S/C23H27N3O2S2/c1-16-14-29-23(24-16)30-15-19-18-8-4-5-9-20(18)28-21(19)22(27)26-12-10-25(11-13-26)17-6-2-3-7-17/h4-5,8-9,14,17H,2-3,6-7,10-13,15H2,1H3. The van der Waals surface area contributed by atoms with Crippen molar-refractivity contribution in [3.63, 3.8) is 0 Å². The number of amides is 1. The lowest BCUT2D eigenvalue weighted by atomic mass is 10.1. The van der Waals surface area contributed by atoms with Crippen LogP contribution in [0.25, 0.3) is 11.0 Å². The Bertz CT molecular complexity index is 1030. The Morgan fingerprint density at radius 1 is 1.20 bits per heavy atom. The number of thioether (sulfide) groups is 1. The molecular weight excluding hydrogens is 414 g/mol. The van der Waals surface area contributed by atoms with Crippen molar-refractivity contribution in [2.24, 2.45) is 0 Å². The normalized spacial score (nSPS) is 18.5. The van der Waals surface area contributed by atoms with Crippen LogP contribution in [0.4, 0.5) is 0 Å². The van der Waals surface area contributed by atoms with Gasteiger partial charge in [0.15, 0.2) is 5.76 Å². The van der Waals surface area contributed by atoms with Gasteiger partial charge in [-0.25, -0.2) is 4.98 Å². The molecule has 5 rings (SSSR count). The monoisotopic (exact) mass is 441 g/mol. The van der Waals surface area contributed by atoms with Gasteiger partial charge in [0.25, 0.3) is 5.91 Å². The van der Waals surface area contributed by atoms with E-state index in [9.17, 15) is 4.79 Å². The van der Waals surface area contributed by atoms with Gasteiger partial charge in [-0.15, -0.1) is 11.3 Å². The molecule has 0 bridgehead atoms. The minimum Gasteiger partial charge on any atom is -0.451 e. The number of carbonyl (C=O) groups excluding carboxylic acids is 1. The summed E-state index contributed by atoms with van der Waals surface area (Å²) >= 11 is 3.33. The number of hydrogen-bond acceptors (Lipinski definition) is 6. The van der Waals surface area contributed by atoms with Crippen molar-refractivity contribution in [2.45, 2.75) is 48.7 Å². The van der Waals surface area contributed by atoms with Crippen LogP contribution < -0.4 is 0 Å². The van der Waals surface area contributed by atoms with Gasteiger partial charge in [-0.1, -0.05) is 42.8 Å². The Balaban J connectivity index is 1.34. The number of furan rings is 1. The van der Waals surface area contributed by atoms with Gasteiger partial charge in [0.05, 0.1) is 0 Å². The number of aromatic nitrogens is 1. The molecule has 2 aliphatic rings. The first-order valence-corrected chi connectivity index (χ1v) is 12.6. The molecule has 1 aliphatic heterocycles. The molecule has 1 saturated heterocycles. The molecule has 1 aliphatic carbocycles. The fourth-order valence-corrected chi connectivity index (χ4v) is 6.53. The molecule has 2 aromatic heterocycles. The van der Waals surface area contributed by atoms with Gasteiger partial charge in [0.2, 0.25) is 0 Å². The van der Waals surface area contributed by atoms with Crippen LogP contribution in [0.1, 0.15) is 47.5 Å². The van der Waals surface area contributed by atoms with Crippen LogP contribution in [-0.2, 0) is 5.75 Å². The number of para-hydroxylation sites is 1. The highest BCUT2D eigenvalue weighted by molar-refractivity contribution is 8.00. The van der Waals surface area contributed by atoms with Crippen LogP contribution >= 0.6 is 23.1 Å². The van der Waals surface area contributed by atoms with Crippen LogP contribution in [0.5, 0.6) is 0 Å². The summed E-state index contributed by atoms with van der Waals surface area (Å²) in [4.78, 5) is 22.5. The average molecular weight is 442 g/mol. The minimum atomic E-state index is 0.0307. The Labute approximate surface area is 185 Å². The number of hydrogen-bond donors (Lipinski definition) is 0. The summed E-state index contributed by atoms with van der Waals surface area (Å²) < 4.78 is 7.13. The van der Waals surface area contributed by atoms with Gasteiger partial charge in [-0.05, 0) is 25.8 Å². The molecule has 1 saturated carbocycles. The molecule has 3 aromatic rings. The van der Waals surface area contributed by atoms with Crippen LogP contribution in [-0.4, -0.2) is 52.9 Å². The highest BCUT2D eigenvalue weighted by Crippen LogP contribution is 2.34. The summed E-state index contributed by atoms with van der Waals surface area (Å²) in [6, 6.07) is 8.69. The third-order valence-electron chi connectivity index (χ3n) is 6.27. The number of benzene rings is 1. The zero-order valence-electron chi connectivity index (χ0n) is 17.3. The van der Waals surface area contributed by atoms with Crippen molar-refractivity contribution >= 4 is 40.0 Å². The van der Waals surface area contributed by atoms with E-state index in [-0.39, 0.29) is 5.91 Å². The molecule has 0 radical (unpaired) electrons. The molecule has 0 N–H and O–H groups in total. The number of aryl methyl sites for hydroxylation is 1. The van der Waals surface area contributed by atoms with Gasteiger partial charge < -0.3 is 9.32 Å². The molecule has 30 heavy (non-hydrogen) atoms. The van der Waals surface area contributed by atoms with E-state index < -0.39 is 0 Å². The van der Waals surface area contributed by atoms with E-state index >= 15 is 0 Å². The molecule has 0 spiro atoms. The second-order valence-electron chi connectivity index (χ2n) is 8.22. The maximum Gasteiger partial charge on any atom is 0.290 e. The number of fused-ring (bicyclic) bond motifs is 1. The molecule has 2 fully saturated rings. The smallest absolute Gasteiger partial charge is 0.290 e. The first-order chi connectivity index (χ1) is 14.7. The van der Waals surface area contributed by atoms with E-state index in [2.05, 4.69) is 21.3 Å². The van der Waals surface area contributed by atoms with Crippen molar-refractivity contribution in [1.82, 2.24) is 14.8 Å². The average Bonchev–Trinajstić information content (AvgIpc) is 3.52. The van der Waals surface area contributed by atoms with Crippen LogP contribution in [0, 0.1) is 6.92 Å². The van der Waals surface area contributed by atoms with Gasteiger partial charge >= 0.3 is 0 Å². The molecule has 5 nitrogen and oxygen atoms in total. The largest absolute Gasteiger partial charge is 0.451 e. The molecule has 3 heterocycles. The summed E-state index contributed by atoms with van der Waals surface area (Å²) in [6.45, 7) is 5.52. The van der Waals surface area contributed by atoms with E-state index in [0.717, 1.165) is 58.8 Å². The Hall–Kier alpha value is -1.83. The number of nitrogens with zero attached hydrogens (tertiary/aromatic N) is 3. The highest BCUT2D eigenvalue weighted by atomic mass is 32.2. The van der Waals surface area contributed by atoms with Crippen molar-refractivity contribution < 1.29 is 9.21 Å². The number of rotatable bonds is 5. The first-order valence-electron chi connectivity index (χ1n) is 10.8. The lowest BCUT2D eigenvalue weighted by Crippen LogP contribution is -2.51. The molecule has 0 unspecified atom stereocenters. The van der Waals surface area contributed by atoms with E-state index in [4.69, 9.17) is 4.42 Å². The number of piperazine rings is 1. The van der Waals surface area contributed by atoms with Crippen LogP contribution in [0.2, 0.25) is 0 Å². The fourth-order valence-electron chi connectivity index (χ4n) is 4.65. The van der Waals surface area contributed by atoms with Gasteiger partial charge in [0.1, 0.15) is 9.92 Å². The fraction of sp³-hybridized carbons (Fsp3) is 0.478. The molecule has 7 heteroatoms. The molecule has 158 valence electrons. The summed E-state index contributed by atoms with van der Waals surface area (Å²) in [5.74, 6) is 1.22. The zero-order valence-corrected chi connectivity index (χ0v) is 18.9. The van der Waals surface area contributed by atoms with Crippen molar-refractivity contribution in [2.75, 3.05) is 26.2 Å². The summed E-state index contributed by atoms with van der Waals surface area (Å²) in [5, 5.41) is 3.09. The maximum absolute atomic E-state index is 13.4. The third-order valence-corrected chi connectivity index (χ3v) is 8.44. The third kappa shape index (κ3) is 4.03. The van der Waals surface area contributed by atoms with E-state index in [1.54, 1.807) is 23.1 Å². The van der Waals surface area contributed by atoms with Crippen LogP contribution in [0.15, 0.2) is 38.4 Å². The van der Waals surface area contributed by atoms with E-state index in [1.165, 1.54) is 25.7 Å². The molecule has 1 aromatic carbocycles. The van der Waals surface area contributed by atoms with Crippen molar-refractivity contribution in [3.05, 3.63) is 46.7 Å². The highest BCUT2D eigenvalue weighted by Gasteiger charge is 2.31. The second-order valence-corrected chi connectivity index (χ2v) is 10.3. The molecule has 0 atom stereocenters. The van der Waals surface area contributed by atoms with Crippen molar-refractivity contribution in [3.8, 4) is 0 Å². The number of thiazole rings is 1. The topological polar surface area (TPSA) is 49.6 Å². The minimum absolute atomic E-state index is 0.0307. The van der Waals surface area contributed by atoms with Gasteiger partial charge in [0, 0.05) is 60.0 Å². The predicted molar refractivity (Wildman–Crippen MR) is 122 cm³/mol. The summed E-state index contributed by atoms with van der Waals surface area (Å²) in [7, 11) is 0. The van der Waals surface area contributed by atoms with Gasteiger partial charge in [-0.3, -0.25) is 9.69 Å². The molecule has 1 amide bonds. The summed E-state index contributed by atoms with van der Waals surface area (Å²) in [5.41, 5.74) is 2.82. The predicted octanol–water partition coefficient (Wildman–Crippen LogP) is 5.19. The zero-order chi connectivity index (χ0) is 20.5. The maximum atomic E-state index is 13.4. The van der Waals surface area contributed by atoms with Crippen molar-refractivity contribution in [1.29, 1.82) is 0 Å². The SMILES string of the molecule is Cc1csc(SCc2c(C(=O)N3CCN(C4CCCC4)CC3)oc3ccccc23)n1. The molecular formula is C23H27N3O2S2. The quantitative estimate of drug-likeness (QED) is 0.510. The first kappa shape index (κ1) is 20.1. The summed E-state index contributed by atoms with van der Waals surface area (Å²) in [6.07, 6.45) is 5.33. The lowest BCUT2D eigenvalue weighted by Gasteiger charge is -2.37. The van der Waals surface area contributed by atoms with E-state index in [0.29, 0.717) is 11.5 Å². The van der Waals surface area contributed by atoms with Gasteiger partial charge in [-0.2, -0.15) is 0 Å². The Morgan fingerprint density at radius 3 is 2.70 bits per heavy atom. The second kappa shape index (κ2) is 8.73. The van der Waals surface area contributed by atoms with E-state index in [1.807, 2.05) is 30.0 Å². The Morgan fingerprint density at radius 2 is 1.97 bits per heavy atom. The lowest BCUT2D eigenvalue weighted by molar-refractivity contribution is 0.0546. The van der Waals surface area contributed by atoms with Crippen LogP contribution in [0.3, 0.4) is 0 Å². The number of carbonyl (C=O) groups is 1. The Kier molecular flexibility index (Phi) is 5.85.